The number of hydrogen-bond acceptors (Lipinski definition) is 1. The van der Waals surface area contributed by atoms with Gasteiger partial charge in [0, 0.05) is 0 Å². The fraction of sp³-hybridized carbons (Fsp3) is 1.00. The van der Waals surface area contributed by atoms with E-state index in [1.165, 1.54) is 45.2 Å². The lowest BCUT2D eigenvalue weighted by molar-refractivity contribution is 0.0883. The first kappa shape index (κ1) is 9.51. The Kier molecular flexibility index (Phi) is 2.64. The summed E-state index contributed by atoms with van der Waals surface area (Å²) in [6, 6.07) is 0. The second kappa shape index (κ2) is 3.61. The van der Waals surface area contributed by atoms with E-state index < -0.39 is 0 Å². The molecule has 2 atom stereocenters. The molecule has 76 valence electrons. The Hall–Kier alpha value is -0.0400. The molecule has 1 aliphatic heterocycles. The van der Waals surface area contributed by atoms with Crippen molar-refractivity contribution in [3.63, 3.8) is 0 Å². The average Bonchev–Trinajstić information content (AvgIpc) is 2.06. The highest BCUT2D eigenvalue weighted by Gasteiger charge is 2.36. The highest BCUT2D eigenvalue weighted by Crippen LogP contribution is 2.46. The lowest BCUT2D eigenvalue weighted by atomic mass is 9.63. The molecule has 2 aliphatic rings. The van der Waals surface area contributed by atoms with Crippen LogP contribution in [0.25, 0.3) is 0 Å². The van der Waals surface area contributed by atoms with Crippen molar-refractivity contribution in [2.24, 2.45) is 17.3 Å². The van der Waals surface area contributed by atoms with Crippen LogP contribution >= 0.6 is 0 Å². The Bertz CT molecular complexity index is 172. The molecule has 0 radical (unpaired) electrons. The molecule has 13 heavy (non-hydrogen) atoms. The third-order valence-corrected chi connectivity index (χ3v) is 4.30. The normalized spacial score (nSPS) is 38.3. The van der Waals surface area contributed by atoms with Crippen molar-refractivity contribution in [2.75, 3.05) is 13.1 Å². The van der Waals surface area contributed by atoms with Gasteiger partial charge in [0.1, 0.15) is 0 Å². The van der Waals surface area contributed by atoms with Gasteiger partial charge in [-0.05, 0) is 56.0 Å². The first-order valence-electron chi connectivity index (χ1n) is 5.90. The number of nitrogens with one attached hydrogen (secondary N) is 1. The monoisotopic (exact) mass is 181 g/mol. The minimum absolute atomic E-state index is 0.720. The van der Waals surface area contributed by atoms with Crippen LogP contribution in [-0.4, -0.2) is 13.1 Å². The van der Waals surface area contributed by atoms with E-state index in [4.69, 9.17) is 0 Å². The molecule has 2 unspecified atom stereocenters. The highest BCUT2D eigenvalue weighted by molar-refractivity contribution is 4.88. The molecule has 1 heterocycles. The summed E-state index contributed by atoms with van der Waals surface area (Å²) < 4.78 is 0. The van der Waals surface area contributed by atoms with Crippen LogP contribution in [0.3, 0.4) is 0 Å². The van der Waals surface area contributed by atoms with Gasteiger partial charge in [0.25, 0.3) is 0 Å². The summed E-state index contributed by atoms with van der Waals surface area (Å²) in [4.78, 5) is 0. The van der Waals surface area contributed by atoms with Crippen molar-refractivity contribution >= 4 is 0 Å². The lowest BCUT2D eigenvalue weighted by Gasteiger charge is -2.43. The maximum atomic E-state index is 3.54. The van der Waals surface area contributed by atoms with Gasteiger partial charge in [-0.2, -0.15) is 0 Å². The summed E-state index contributed by atoms with van der Waals surface area (Å²) in [5.74, 6) is 1.91. The van der Waals surface area contributed by atoms with Gasteiger partial charge in [0.05, 0.1) is 0 Å². The zero-order valence-corrected chi connectivity index (χ0v) is 9.10. The Morgan fingerprint density at radius 3 is 2.69 bits per heavy atom. The van der Waals surface area contributed by atoms with Gasteiger partial charge in [0.2, 0.25) is 0 Å². The quantitative estimate of drug-likeness (QED) is 0.690. The summed E-state index contributed by atoms with van der Waals surface area (Å²) in [6.45, 7) is 7.44. The summed E-state index contributed by atoms with van der Waals surface area (Å²) in [5.41, 5.74) is 0.720. The summed E-state index contributed by atoms with van der Waals surface area (Å²) in [6.07, 6.45) is 7.30. The zero-order chi connectivity index (χ0) is 9.31. The Morgan fingerprint density at radius 2 is 2.15 bits per heavy atom. The Balaban J connectivity index is 1.85. The first-order valence-corrected chi connectivity index (χ1v) is 5.90. The molecule has 1 N–H and O–H groups in total. The van der Waals surface area contributed by atoms with Gasteiger partial charge in [-0.1, -0.05) is 20.3 Å². The summed E-state index contributed by atoms with van der Waals surface area (Å²) >= 11 is 0. The topological polar surface area (TPSA) is 12.0 Å². The van der Waals surface area contributed by atoms with Crippen molar-refractivity contribution in [1.29, 1.82) is 0 Å². The molecule has 1 saturated carbocycles. The van der Waals surface area contributed by atoms with E-state index in [-0.39, 0.29) is 0 Å². The van der Waals surface area contributed by atoms with Crippen LogP contribution in [0.15, 0.2) is 0 Å². The molecule has 0 bridgehead atoms. The van der Waals surface area contributed by atoms with Crippen LogP contribution in [0.4, 0.5) is 0 Å². The number of piperidine rings is 1. The van der Waals surface area contributed by atoms with Crippen LogP contribution in [0.1, 0.15) is 46.0 Å². The van der Waals surface area contributed by atoms with E-state index in [0.717, 1.165) is 17.3 Å². The zero-order valence-electron chi connectivity index (χ0n) is 9.10. The number of rotatable bonds is 2. The molecule has 1 nitrogen and oxygen atoms in total. The predicted molar refractivity (Wildman–Crippen MR) is 56.7 cm³/mol. The van der Waals surface area contributed by atoms with Crippen LogP contribution in [-0.2, 0) is 0 Å². The Morgan fingerprint density at radius 1 is 1.38 bits per heavy atom. The molecule has 1 aliphatic carbocycles. The first-order chi connectivity index (χ1) is 6.20. The van der Waals surface area contributed by atoms with Gasteiger partial charge in [-0.15, -0.1) is 0 Å². The molecule has 0 aromatic rings. The van der Waals surface area contributed by atoms with Gasteiger partial charge in [-0.25, -0.2) is 0 Å². The molecule has 0 aromatic heterocycles. The van der Waals surface area contributed by atoms with Crippen molar-refractivity contribution < 1.29 is 0 Å². The van der Waals surface area contributed by atoms with Crippen molar-refractivity contribution in [3.8, 4) is 0 Å². The second-order valence-electron chi connectivity index (χ2n) is 5.60. The predicted octanol–water partition coefficient (Wildman–Crippen LogP) is 2.81. The largest absolute Gasteiger partial charge is 0.316 e. The fourth-order valence-electron chi connectivity index (χ4n) is 2.94. The fourth-order valence-corrected chi connectivity index (χ4v) is 2.94. The molecule has 0 spiro atoms. The van der Waals surface area contributed by atoms with Gasteiger partial charge in [-0.3, -0.25) is 0 Å². The molecule has 2 rings (SSSR count). The molecule has 0 aromatic carbocycles. The summed E-state index contributed by atoms with van der Waals surface area (Å²) in [5, 5.41) is 3.54. The van der Waals surface area contributed by atoms with E-state index >= 15 is 0 Å². The number of hydrogen-bond donors (Lipinski definition) is 1. The molecule has 1 heteroatoms. The third-order valence-electron chi connectivity index (χ3n) is 4.30. The van der Waals surface area contributed by atoms with Crippen LogP contribution < -0.4 is 5.32 Å². The van der Waals surface area contributed by atoms with Crippen LogP contribution in [0.2, 0.25) is 0 Å². The van der Waals surface area contributed by atoms with E-state index in [9.17, 15) is 0 Å². The van der Waals surface area contributed by atoms with Crippen LogP contribution in [0.5, 0.6) is 0 Å². The molecular formula is C12H23N. The third kappa shape index (κ3) is 2.07. The van der Waals surface area contributed by atoms with Gasteiger partial charge in [0.15, 0.2) is 0 Å². The van der Waals surface area contributed by atoms with Crippen molar-refractivity contribution in [1.82, 2.24) is 5.32 Å². The van der Waals surface area contributed by atoms with Crippen molar-refractivity contribution in [2.45, 2.75) is 46.0 Å². The smallest absolute Gasteiger partial charge is 0.00178 e. The van der Waals surface area contributed by atoms with Gasteiger partial charge < -0.3 is 5.32 Å². The summed E-state index contributed by atoms with van der Waals surface area (Å²) in [7, 11) is 0. The van der Waals surface area contributed by atoms with E-state index in [1.54, 1.807) is 0 Å². The van der Waals surface area contributed by atoms with E-state index in [2.05, 4.69) is 19.2 Å². The highest BCUT2D eigenvalue weighted by atomic mass is 14.9. The SMILES string of the molecule is CC1CCNCC1CC1(C)CCC1. The molecule has 0 amide bonds. The van der Waals surface area contributed by atoms with Crippen LogP contribution in [0, 0.1) is 17.3 Å². The molecule has 1 saturated heterocycles. The standard InChI is InChI=1S/C12H23N/c1-10-4-7-13-9-11(10)8-12(2)5-3-6-12/h10-11,13H,3-9H2,1-2H3. The lowest BCUT2D eigenvalue weighted by Crippen LogP contribution is -2.39. The van der Waals surface area contributed by atoms with Crippen molar-refractivity contribution in [3.05, 3.63) is 0 Å². The minimum atomic E-state index is 0.720. The van der Waals surface area contributed by atoms with E-state index in [1.807, 2.05) is 0 Å². The average molecular weight is 181 g/mol. The maximum Gasteiger partial charge on any atom is -0.00178 e. The molecular weight excluding hydrogens is 158 g/mol. The molecule has 2 fully saturated rings. The van der Waals surface area contributed by atoms with Gasteiger partial charge >= 0.3 is 0 Å². The maximum absolute atomic E-state index is 3.54. The Labute approximate surface area is 82.3 Å². The second-order valence-corrected chi connectivity index (χ2v) is 5.60. The van der Waals surface area contributed by atoms with E-state index in [0.29, 0.717) is 0 Å². The minimum Gasteiger partial charge on any atom is -0.316 e.